The summed E-state index contributed by atoms with van der Waals surface area (Å²) in [5.74, 6) is 1.85. The molecule has 2 bridgehead atoms. The van der Waals surface area contributed by atoms with E-state index in [1.165, 1.54) is 25.9 Å². The summed E-state index contributed by atoms with van der Waals surface area (Å²) in [4.78, 5) is 2.55. The second-order valence-electron chi connectivity index (χ2n) is 7.19. The third kappa shape index (κ3) is 3.70. The van der Waals surface area contributed by atoms with Gasteiger partial charge in [0.25, 0.3) is 0 Å². The quantitative estimate of drug-likeness (QED) is 0.751. The number of rotatable bonds is 3. The van der Waals surface area contributed by atoms with Gasteiger partial charge in [-0.25, -0.2) is 0 Å². The molecule has 0 aromatic heterocycles. The fourth-order valence-corrected chi connectivity index (χ4v) is 6.69. The molecule has 4 rings (SSSR count). The van der Waals surface area contributed by atoms with Crippen LogP contribution in [0.3, 0.4) is 0 Å². The first-order valence-corrected chi connectivity index (χ1v) is 10.6. The molecule has 1 unspecified atom stereocenters. The summed E-state index contributed by atoms with van der Waals surface area (Å²) in [6, 6.07) is 8.99. The van der Waals surface area contributed by atoms with Crippen molar-refractivity contribution in [2.24, 2.45) is 5.92 Å². The molecule has 3 saturated heterocycles. The molecule has 3 aliphatic heterocycles. The Kier molecular flexibility index (Phi) is 4.32. The molecule has 0 aliphatic carbocycles. The molecule has 0 amide bonds. The first-order valence-electron chi connectivity index (χ1n) is 7.77. The van der Waals surface area contributed by atoms with Crippen LogP contribution in [0.15, 0.2) is 24.3 Å². The maximum atomic E-state index is 6.25. The van der Waals surface area contributed by atoms with Gasteiger partial charge in [0.2, 0.25) is 0 Å². The van der Waals surface area contributed by atoms with Crippen LogP contribution in [0.2, 0.25) is 3.43 Å². The minimum atomic E-state index is -0.485. The first kappa shape index (κ1) is 14.7. The molecule has 0 saturated carbocycles. The summed E-state index contributed by atoms with van der Waals surface area (Å²) in [6.45, 7) is 10.8. The van der Waals surface area contributed by atoms with Gasteiger partial charge in [0.15, 0.2) is 0 Å². The fraction of sp³-hybridized carbons (Fsp3) is 0.647. The zero-order valence-corrected chi connectivity index (χ0v) is 15.7. The second-order valence-corrected chi connectivity index (χ2v) is 13.8. The molecular formula is C17H25NOSn. The van der Waals surface area contributed by atoms with Gasteiger partial charge in [-0.2, -0.15) is 0 Å². The molecule has 1 aromatic carbocycles. The van der Waals surface area contributed by atoms with Gasteiger partial charge in [0.1, 0.15) is 0 Å². The van der Waals surface area contributed by atoms with Crippen LogP contribution >= 0.6 is 0 Å². The monoisotopic (exact) mass is 379 g/mol. The average molecular weight is 378 g/mol. The molecule has 108 valence electrons. The molecule has 1 atom stereocenters. The van der Waals surface area contributed by atoms with E-state index in [2.05, 4.69) is 49.9 Å². The number of hydrogen-bond donors (Lipinski definition) is 0. The summed E-state index contributed by atoms with van der Waals surface area (Å²) in [7, 11) is 0. The van der Waals surface area contributed by atoms with Crippen molar-refractivity contribution in [3.8, 4) is 5.75 Å². The molecule has 0 N–H and O–H groups in total. The number of ether oxygens (including phenoxy) is 1. The molecule has 3 heteroatoms. The second kappa shape index (κ2) is 5.88. The average Bonchev–Trinajstić information content (AvgIpc) is 2.41. The van der Waals surface area contributed by atoms with E-state index in [0.717, 1.165) is 18.2 Å². The zero-order chi connectivity index (χ0) is 14.2. The van der Waals surface area contributed by atoms with Crippen molar-refractivity contribution < 1.29 is 4.74 Å². The number of benzene rings is 1. The third-order valence-corrected chi connectivity index (χ3v) is 8.17. The van der Waals surface area contributed by atoms with Crippen LogP contribution in [0, 0.1) is 5.92 Å². The Hall–Kier alpha value is -0.221. The van der Waals surface area contributed by atoms with Gasteiger partial charge < -0.3 is 0 Å². The van der Waals surface area contributed by atoms with Crippen molar-refractivity contribution in [1.82, 2.24) is 4.90 Å². The Balaban J connectivity index is 1.61. The van der Waals surface area contributed by atoms with E-state index in [1.807, 2.05) is 0 Å². The van der Waals surface area contributed by atoms with E-state index in [0.29, 0.717) is 9.53 Å². The van der Waals surface area contributed by atoms with Gasteiger partial charge in [0, 0.05) is 0 Å². The van der Waals surface area contributed by atoms with Gasteiger partial charge in [-0.05, 0) is 0 Å². The van der Waals surface area contributed by atoms with Crippen LogP contribution in [0.4, 0.5) is 0 Å². The summed E-state index contributed by atoms with van der Waals surface area (Å²) in [5, 5.41) is 0. The van der Waals surface area contributed by atoms with E-state index in [4.69, 9.17) is 4.74 Å². The third-order valence-electron chi connectivity index (χ3n) is 4.26. The SMILES string of the molecule is C[C](C)(C)[Sn][c]1ccc(OC2CN3CCC2CC3)cc1. The van der Waals surface area contributed by atoms with Gasteiger partial charge in [-0.15, -0.1) is 0 Å². The van der Waals surface area contributed by atoms with Crippen molar-refractivity contribution in [1.29, 1.82) is 0 Å². The molecule has 20 heavy (non-hydrogen) atoms. The summed E-state index contributed by atoms with van der Waals surface area (Å²) < 4.78 is 8.34. The molecule has 1 aromatic rings. The summed E-state index contributed by atoms with van der Waals surface area (Å²) in [6.07, 6.45) is 3.06. The van der Waals surface area contributed by atoms with Crippen molar-refractivity contribution in [3.05, 3.63) is 24.3 Å². The number of hydrogen-bond acceptors (Lipinski definition) is 2. The molecule has 3 aliphatic rings. The van der Waals surface area contributed by atoms with Crippen LogP contribution in [0.1, 0.15) is 33.6 Å². The van der Waals surface area contributed by atoms with Gasteiger partial charge >= 0.3 is 133 Å². The van der Waals surface area contributed by atoms with E-state index < -0.39 is 21.1 Å². The number of fused-ring (bicyclic) bond motifs is 3. The standard InChI is InChI=1S/C13H16NO.C4H9.Sn/c1-2-4-12(5-3-1)15-13-10-14-8-6-11(13)7-9-14;1-4(2)3;/h2-5,11,13H,6-10H2;1-3H3;. The Morgan fingerprint density at radius 2 is 1.75 bits per heavy atom. The van der Waals surface area contributed by atoms with Gasteiger partial charge in [-0.1, -0.05) is 0 Å². The molecular weight excluding hydrogens is 353 g/mol. The maximum absolute atomic E-state index is 6.25. The molecule has 3 heterocycles. The van der Waals surface area contributed by atoms with Crippen LogP contribution in [0.25, 0.3) is 0 Å². The van der Waals surface area contributed by atoms with Crippen LogP contribution in [-0.2, 0) is 0 Å². The minimum absolute atomic E-state index is 0.422. The molecule has 2 nitrogen and oxygen atoms in total. The molecule has 2 radical (unpaired) electrons. The van der Waals surface area contributed by atoms with Crippen LogP contribution < -0.4 is 8.32 Å². The van der Waals surface area contributed by atoms with E-state index >= 15 is 0 Å². The summed E-state index contributed by atoms with van der Waals surface area (Å²) >= 11 is -0.485. The Bertz CT molecular complexity index is 443. The fourth-order valence-electron chi connectivity index (χ4n) is 3.27. The van der Waals surface area contributed by atoms with Crippen molar-refractivity contribution >= 4 is 24.7 Å². The van der Waals surface area contributed by atoms with Gasteiger partial charge in [-0.3, -0.25) is 0 Å². The van der Waals surface area contributed by atoms with Crippen LogP contribution in [0.5, 0.6) is 5.75 Å². The van der Waals surface area contributed by atoms with Crippen LogP contribution in [-0.4, -0.2) is 51.8 Å². The molecule has 0 spiro atoms. The topological polar surface area (TPSA) is 12.5 Å². The van der Waals surface area contributed by atoms with E-state index in [9.17, 15) is 0 Å². The van der Waals surface area contributed by atoms with Crippen molar-refractivity contribution in [2.45, 2.75) is 43.1 Å². The predicted octanol–water partition coefficient (Wildman–Crippen LogP) is 2.71. The Morgan fingerprint density at radius 1 is 1.10 bits per heavy atom. The normalized spacial score (nSPS) is 29.4. The number of nitrogens with zero attached hydrogens (tertiary/aromatic N) is 1. The van der Waals surface area contributed by atoms with E-state index in [-0.39, 0.29) is 0 Å². The Morgan fingerprint density at radius 3 is 2.25 bits per heavy atom. The first-order chi connectivity index (χ1) is 9.49. The zero-order valence-electron chi connectivity index (χ0n) is 12.9. The Labute approximate surface area is 133 Å². The van der Waals surface area contributed by atoms with Gasteiger partial charge in [0.05, 0.1) is 0 Å². The van der Waals surface area contributed by atoms with Crippen molar-refractivity contribution in [2.75, 3.05) is 19.6 Å². The number of piperidine rings is 3. The van der Waals surface area contributed by atoms with Crippen molar-refractivity contribution in [3.63, 3.8) is 0 Å². The van der Waals surface area contributed by atoms with E-state index in [1.54, 1.807) is 3.58 Å². The summed E-state index contributed by atoms with van der Waals surface area (Å²) in [5.41, 5.74) is 0. The predicted molar refractivity (Wildman–Crippen MR) is 85.1 cm³/mol. The molecule has 3 fully saturated rings.